The summed E-state index contributed by atoms with van der Waals surface area (Å²) in [6.45, 7) is 3.12. The number of carboxylic acid groups (broad SMARTS) is 1. The van der Waals surface area contributed by atoms with Crippen molar-refractivity contribution in [3.8, 4) is 0 Å². The second kappa shape index (κ2) is 3.60. The maximum atomic E-state index is 12.4. The molecule has 3 nitrogen and oxygen atoms in total. The van der Waals surface area contributed by atoms with Crippen LogP contribution < -0.4 is 0 Å². The van der Waals surface area contributed by atoms with Gasteiger partial charge < -0.3 is 9.52 Å². The van der Waals surface area contributed by atoms with Gasteiger partial charge in [0, 0.05) is 5.92 Å². The first-order valence-corrected chi connectivity index (χ1v) is 4.17. The Morgan fingerprint density at radius 3 is 2.33 bits per heavy atom. The largest absolute Gasteiger partial charge is 0.478 e. The molecule has 0 aliphatic carbocycles. The molecule has 6 heteroatoms. The molecule has 1 heterocycles. The molecule has 1 aromatic rings. The quantitative estimate of drug-likeness (QED) is 0.836. The van der Waals surface area contributed by atoms with Crippen LogP contribution in [0.1, 0.15) is 41.4 Å². The molecular weight excluding hydrogens is 213 g/mol. The van der Waals surface area contributed by atoms with E-state index in [1.54, 1.807) is 13.8 Å². The first-order valence-electron chi connectivity index (χ1n) is 4.17. The third-order valence-electron chi connectivity index (χ3n) is 1.86. The number of aromatic carboxylic acids is 1. The van der Waals surface area contributed by atoms with Crippen LogP contribution in [0.15, 0.2) is 10.7 Å². The Bertz CT molecular complexity index is 376. The summed E-state index contributed by atoms with van der Waals surface area (Å²) in [5, 5.41) is 8.69. The van der Waals surface area contributed by atoms with E-state index < -0.39 is 29.2 Å². The van der Waals surface area contributed by atoms with Gasteiger partial charge in [-0.1, -0.05) is 13.8 Å². The third kappa shape index (κ3) is 2.14. The molecule has 0 aromatic carbocycles. The average molecular weight is 222 g/mol. The van der Waals surface area contributed by atoms with E-state index >= 15 is 0 Å². The maximum absolute atomic E-state index is 12.4. The third-order valence-corrected chi connectivity index (χ3v) is 1.86. The number of hydrogen-bond donors (Lipinski definition) is 1. The van der Waals surface area contributed by atoms with E-state index in [9.17, 15) is 18.0 Å². The van der Waals surface area contributed by atoms with Gasteiger partial charge in [-0.25, -0.2) is 4.79 Å². The van der Waals surface area contributed by atoms with Crippen molar-refractivity contribution >= 4 is 5.97 Å². The van der Waals surface area contributed by atoms with Crippen molar-refractivity contribution < 1.29 is 27.5 Å². The Morgan fingerprint density at radius 1 is 1.47 bits per heavy atom. The summed E-state index contributed by atoms with van der Waals surface area (Å²) >= 11 is 0. The number of alkyl halides is 3. The zero-order valence-electron chi connectivity index (χ0n) is 8.05. The fourth-order valence-corrected chi connectivity index (χ4v) is 1.23. The van der Waals surface area contributed by atoms with Gasteiger partial charge in [0.25, 0.3) is 0 Å². The van der Waals surface area contributed by atoms with Crippen LogP contribution >= 0.6 is 0 Å². The summed E-state index contributed by atoms with van der Waals surface area (Å²) in [5.41, 5.74) is -2.03. The van der Waals surface area contributed by atoms with Crippen LogP contribution in [0.4, 0.5) is 13.2 Å². The van der Waals surface area contributed by atoms with Gasteiger partial charge in [0.05, 0.1) is 0 Å². The second-order valence-electron chi connectivity index (χ2n) is 3.35. The van der Waals surface area contributed by atoms with Crippen molar-refractivity contribution in [2.45, 2.75) is 25.9 Å². The van der Waals surface area contributed by atoms with Crippen LogP contribution in [-0.2, 0) is 6.18 Å². The number of halogens is 3. The minimum atomic E-state index is -4.70. The molecule has 1 aromatic heterocycles. The van der Waals surface area contributed by atoms with E-state index in [0.717, 1.165) is 0 Å². The van der Waals surface area contributed by atoms with Gasteiger partial charge in [0.1, 0.15) is 23.2 Å². The van der Waals surface area contributed by atoms with Crippen LogP contribution in [-0.4, -0.2) is 11.1 Å². The highest BCUT2D eigenvalue weighted by molar-refractivity contribution is 5.91. The Labute approximate surface area is 83.5 Å². The first-order chi connectivity index (χ1) is 6.75. The normalized spacial score (nSPS) is 12.1. The highest BCUT2D eigenvalue weighted by Crippen LogP contribution is 2.36. The molecule has 0 atom stereocenters. The molecule has 1 N–H and O–H groups in total. The van der Waals surface area contributed by atoms with Crippen molar-refractivity contribution in [2.24, 2.45) is 0 Å². The Morgan fingerprint density at radius 2 is 2.00 bits per heavy atom. The molecule has 0 bridgehead atoms. The highest BCUT2D eigenvalue weighted by Gasteiger charge is 2.39. The van der Waals surface area contributed by atoms with E-state index in [-0.39, 0.29) is 5.76 Å². The summed E-state index contributed by atoms with van der Waals surface area (Å²) < 4.78 is 41.7. The summed E-state index contributed by atoms with van der Waals surface area (Å²) in [5.74, 6) is -2.19. The van der Waals surface area contributed by atoms with E-state index in [0.29, 0.717) is 6.26 Å². The van der Waals surface area contributed by atoms with Crippen molar-refractivity contribution in [3.63, 3.8) is 0 Å². The number of carbonyl (C=O) groups is 1. The van der Waals surface area contributed by atoms with E-state index in [2.05, 4.69) is 4.42 Å². The van der Waals surface area contributed by atoms with E-state index in [4.69, 9.17) is 5.11 Å². The summed E-state index contributed by atoms with van der Waals surface area (Å²) in [6, 6.07) is 0. The molecule has 0 fully saturated rings. The Balaban J connectivity index is 3.37. The number of carboxylic acids is 1. The molecule has 0 spiro atoms. The number of rotatable bonds is 2. The monoisotopic (exact) mass is 222 g/mol. The van der Waals surface area contributed by atoms with Gasteiger partial charge in [-0.15, -0.1) is 0 Å². The lowest BCUT2D eigenvalue weighted by Crippen LogP contribution is -2.12. The zero-order valence-corrected chi connectivity index (χ0v) is 8.05. The molecule has 0 radical (unpaired) electrons. The van der Waals surface area contributed by atoms with Gasteiger partial charge >= 0.3 is 12.1 Å². The predicted molar refractivity (Wildman–Crippen MR) is 44.8 cm³/mol. The molecule has 0 aliphatic rings. The lowest BCUT2D eigenvalue weighted by Gasteiger charge is -2.06. The lowest BCUT2D eigenvalue weighted by atomic mass is 10.0. The lowest BCUT2D eigenvalue weighted by molar-refractivity contribution is -0.138. The topological polar surface area (TPSA) is 50.4 Å². The molecule has 0 saturated heterocycles. The number of hydrogen-bond acceptors (Lipinski definition) is 2. The van der Waals surface area contributed by atoms with Crippen LogP contribution in [0, 0.1) is 0 Å². The van der Waals surface area contributed by atoms with Crippen LogP contribution in [0.2, 0.25) is 0 Å². The van der Waals surface area contributed by atoms with Gasteiger partial charge in [0.2, 0.25) is 0 Å². The summed E-state index contributed by atoms with van der Waals surface area (Å²) in [4.78, 5) is 10.7. The van der Waals surface area contributed by atoms with Crippen molar-refractivity contribution in [1.82, 2.24) is 0 Å². The molecule has 84 valence electrons. The van der Waals surface area contributed by atoms with Crippen LogP contribution in [0.5, 0.6) is 0 Å². The Kier molecular flexibility index (Phi) is 2.79. The Hall–Kier alpha value is -1.46. The average Bonchev–Trinajstić information content (AvgIpc) is 2.45. The van der Waals surface area contributed by atoms with Gasteiger partial charge in [-0.3, -0.25) is 0 Å². The molecule has 15 heavy (non-hydrogen) atoms. The zero-order chi connectivity index (χ0) is 11.8. The van der Waals surface area contributed by atoms with Crippen LogP contribution in [0.3, 0.4) is 0 Å². The van der Waals surface area contributed by atoms with Gasteiger partial charge in [0.15, 0.2) is 0 Å². The van der Waals surface area contributed by atoms with Crippen LogP contribution in [0.25, 0.3) is 0 Å². The van der Waals surface area contributed by atoms with Crippen molar-refractivity contribution in [2.75, 3.05) is 0 Å². The molecule has 0 saturated carbocycles. The summed E-state index contributed by atoms with van der Waals surface area (Å²) in [6.07, 6.45) is -4.26. The van der Waals surface area contributed by atoms with Crippen molar-refractivity contribution in [3.05, 3.63) is 23.2 Å². The molecule has 0 aliphatic heterocycles. The van der Waals surface area contributed by atoms with E-state index in [1.165, 1.54) is 0 Å². The minimum Gasteiger partial charge on any atom is -0.478 e. The SMILES string of the molecule is CC(C)c1occ(C(F)(F)F)c1C(=O)O. The number of furan rings is 1. The standard InChI is InChI=1S/C9H9F3O3/c1-4(2)7-6(8(13)14)5(3-15-7)9(10,11)12/h3-4H,1-2H3,(H,13,14). The van der Waals surface area contributed by atoms with Crippen molar-refractivity contribution in [1.29, 1.82) is 0 Å². The highest BCUT2D eigenvalue weighted by atomic mass is 19.4. The minimum absolute atomic E-state index is 0.158. The summed E-state index contributed by atoms with van der Waals surface area (Å²) in [7, 11) is 0. The molecular formula is C9H9F3O3. The first kappa shape index (κ1) is 11.6. The van der Waals surface area contributed by atoms with Gasteiger partial charge in [-0.2, -0.15) is 13.2 Å². The molecule has 0 amide bonds. The predicted octanol–water partition coefficient (Wildman–Crippen LogP) is 3.12. The molecule has 0 unspecified atom stereocenters. The fraction of sp³-hybridized carbons (Fsp3) is 0.444. The molecule has 1 rings (SSSR count). The fourth-order valence-electron chi connectivity index (χ4n) is 1.23. The van der Waals surface area contributed by atoms with Gasteiger partial charge in [-0.05, 0) is 0 Å². The maximum Gasteiger partial charge on any atom is 0.420 e. The smallest absolute Gasteiger partial charge is 0.420 e. The van der Waals surface area contributed by atoms with E-state index in [1.807, 2.05) is 0 Å². The second-order valence-corrected chi connectivity index (χ2v) is 3.35.